The third-order valence-corrected chi connectivity index (χ3v) is 4.02. The van der Waals surface area contributed by atoms with E-state index in [1.165, 1.54) is 4.57 Å². The maximum Gasteiger partial charge on any atom is 0.426 e. The number of carbonyl (C=O) groups excluding carboxylic acids is 2. The highest BCUT2D eigenvalue weighted by atomic mass is 16.5. The number of hydrogen-bond acceptors (Lipinski definition) is 5. The Morgan fingerprint density at radius 2 is 1.75 bits per heavy atom. The van der Waals surface area contributed by atoms with Crippen LogP contribution in [0.4, 0.5) is 4.79 Å². The van der Waals surface area contributed by atoms with Crippen LogP contribution in [0.1, 0.15) is 18.2 Å². The van der Waals surface area contributed by atoms with Gasteiger partial charge in [-0.05, 0) is 24.6 Å². The quantitative estimate of drug-likeness (QED) is 0.657. The molecule has 1 heterocycles. The van der Waals surface area contributed by atoms with Crippen molar-refractivity contribution in [3.63, 3.8) is 0 Å². The monoisotopic (exact) mass is 380 g/mol. The average molecular weight is 380 g/mol. The van der Waals surface area contributed by atoms with Gasteiger partial charge in [-0.1, -0.05) is 42.5 Å². The van der Waals surface area contributed by atoms with Crippen LogP contribution in [0.2, 0.25) is 0 Å². The number of nitrogens with zero attached hydrogens (tertiary/aromatic N) is 2. The lowest BCUT2D eigenvalue weighted by Gasteiger charge is -2.13. The van der Waals surface area contributed by atoms with Gasteiger partial charge in [0, 0.05) is 6.42 Å². The molecule has 0 bridgehead atoms. The van der Waals surface area contributed by atoms with E-state index in [4.69, 9.17) is 0 Å². The van der Waals surface area contributed by atoms with E-state index in [2.05, 4.69) is 20.6 Å². The summed E-state index contributed by atoms with van der Waals surface area (Å²) in [6.07, 6.45) is -0.416. The van der Waals surface area contributed by atoms with Crippen molar-refractivity contribution >= 4 is 23.0 Å². The van der Waals surface area contributed by atoms with Crippen LogP contribution in [0, 0.1) is 0 Å². The van der Waals surface area contributed by atoms with Gasteiger partial charge in [0.05, 0.1) is 17.6 Å². The number of carbonyl (C=O) groups is 2. The summed E-state index contributed by atoms with van der Waals surface area (Å²) in [5.74, 6) is -0.558. The third kappa shape index (κ3) is 4.53. The van der Waals surface area contributed by atoms with Crippen molar-refractivity contribution in [1.29, 1.82) is 0 Å². The Morgan fingerprint density at radius 3 is 2.50 bits per heavy atom. The average Bonchev–Trinajstić information content (AvgIpc) is 2.70. The number of aromatic nitrogens is 2. The first-order valence-corrected chi connectivity index (χ1v) is 8.82. The van der Waals surface area contributed by atoms with E-state index in [-0.39, 0.29) is 18.7 Å². The molecule has 8 nitrogen and oxygen atoms in total. The van der Waals surface area contributed by atoms with Gasteiger partial charge in [0.25, 0.3) is 11.5 Å². The highest BCUT2D eigenvalue weighted by Gasteiger charge is 2.14. The summed E-state index contributed by atoms with van der Waals surface area (Å²) < 4.78 is 6.03. The fourth-order valence-corrected chi connectivity index (χ4v) is 2.78. The molecule has 0 fully saturated rings. The van der Waals surface area contributed by atoms with E-state index in [9.17, 15) is 14.4 Å². The normalized spacial score (nSPS) is 10.5. The Morgan fingerprint density at radius 1 is 1.04 bits per heavy atom. The van der Waals surface area contributed by atoms with E-state index in [0.717, 1.165) is 5.56 Å². The number of benzene rings is 2. The Bertz CT molecular complexity index is 1050. The number of amides is 2. The molecule has 0 unspecified atom stereocenters. The minimum absolute atomic E-state index is 0.180. The Kier molecular flexibility index (Phi) is 6.01. The van der Waals surface area contributed by atoms with Crippen LogP contribution in [0.15, 0.2) is 59.4 Å². The minimum Gasteiger partial charge on any atom is -0.449 e. The second-order valence-electron chi connectivity index (χ2n) is 5.99. The van der Waals surface area contributed by atoms with Crippen LogP contribution in [-0.2, 0) is 22.5 Å². The number of rotatable bonds is 5. The van der Waals surface area contributed by atoms with Crippen LogP contribution in [0.25, 0.3) is 11.0 Å². The molecule has 0 aliphatic rings. The number of para-hydroxylation sites is 2. The Balaban J connectivity index is 1.89. The fraction of sp³-hybridized carbons (Fsp3) is 0.200. The first-order chi connectivity index (χ1) is 13.6. The highest BCUT2D eigenvalue weighted by Crippen LogP contribution is 2.12. The van der Waals surface area contributed by atoms with Crippen LogP contribution in [0.5, 0.6) is 0 Å². The largest absolute Gasteiger partial charge is 0.449 e. The fourth-order valence-electron chi connectivity index (χ4n) is 2.78. The number of hydrazine groups is 1. The topological polar surface area (TPSA) is 102 Å². The van der Waals surface area contributed by atoms with Crippen LogP contribution >= 0.6 is 0 Å². The molecule has 3 aromatic rings. The van der Waals surface area contributed by atoms with Crippen molar-refractivity contribution in [1.82, 2.24) is 20.4 Å². The first-order valence-electron chi connectivity index (χ1n) is 8.82. The molecule has 0 saturated carbocycles. The molecule has 2 N–H and O–H groups in total. The van der Waals surface area contributed by atoms with E-state index in [1.54, 1.807) is 25.1 Å². The molecule has 8 heteroatoms. The zero-order valence-corrected chi connectivity index (χ0v) is 15.3. The number of nitrogens with one attached hydrogen (secondary N) is 2. The van der Waals surface area contributed by atoms with E-state index >= 15 is 0 Å². The summed E-state index contributed by atoms with van der Waals surface area (Å²) in [5.41, 5.74) is 6.45. The first kappa shape index (κ1) is 19.1. The van der Waals surface area contributed by atoms with Gasteiger partial charge in [0.15, 0.2) is 0 Å². The molecule has 0 radical (unpaired) electrons. The standard InChI is InChI=1S/C20H20N4O4/c1-2-28-20(27)23-22-18(25)13-24-17-11-7-6-10-15(17)21-16(19(24)26)12-14-8-4-3-5-9-14/h3-11H,2,12-13H2,1H3,(H,22,25)(H,23,27). The van der Waals surface area contributed by atoms with Crippen molar-refractivity contribution < 1.29 is 14.3 Å². The molecule has 3 rings (SSSR count). The smallest absolute Gasteiger partial charge is 0.426 e. The lowest BCUT2D eigenvalue weighted by Crippen LogP contribution is -2.44. The molecule has 144 valence electrons. The van der Waals surface area contributed by atoms with Gasteiger partial charge in [-0.25, -0.2) is 15.2 Å². The van der Waals surface area contributed by atoms with Gasteiger partial charge < -0.3 is 4.74 Å². The van der Waals surface area contributed by atoms with E-state index in [1.807, 2.05) is 36.4 Å². The van der Waals surface area contributed by atoms with Gasteiger partial charge in [-0.3, -0.25) is 19.6 Å². The van der Waals surface area contributed by atoms with Crippen molar-refractivity contribution in [3.05, 3.63) is 76.2 Å². The molecule has 0 aliphatic heterocycles. The molecule has 0 spiro atoms. The zero-order chi connectivity index (χ0) is 19.9. The third-order valence-electron chi connectivity index (χ3n) is 4.02. The summed E-state index contributed by atoms with van der Waals surface area (Å²) in [6, 6.07) is 16.6. The molecule has 2 amide bonds. The van der Waals surface area contributed by atoms with Gasteiger partial charge in [-0.15, -0.1) is 0 Å². The SMILES string of the molecule is CCOC(=O)NNC(=O)Cn1c(=O)c(Cc2ccccc2)nc2ccccc21. The number of fused-ring (bicyclic) bond motifs is 1. The molecule has 1 aromatic heterocycles. The number of hydrogen-bond donors (Lipinski definition) is 2. The maximum atomic E-state index is 13.0. The van der Waals surface area contributed by atoms with Gasteiger partial charge >= 0.3 is 6.09 Å². The zero-order valence-electron chi connectivity index (χ0n) is 15.3. The van der Waals surface area contributed by atoms with E-state index < -0.39 is 12.0 Å². The molecular formula is C20H20N4O4. The molecular weight excluding hydrogens is 360 g/mol. The number of ether oxygens (including phenoxy) is 1. The second kappa shape index (κ2) is 8.81. The lowest BCUT2D eigenvalue weighted by molar-refractivity contribution is -0.122. The van der Waals surface area contributed by atoms with Crippen molar-refractivity contribution in [2.45, 2.75) is 19.9 Å². The van der Waals surface area contributed by atoms with Gasteiger partial charge in [-0.2, -0.15) is 0 Å². The van der Waals surface area contributed by atoms with E-state index in [0.29, 0.717) is 23.1 Å². The summed E-state index contributed by atoms with van der Waals surface area (Å²) in [7, 11) is 0. The van der Waals surface area contributed by atoms with Gasteiger partial charge in [0.2, 0.25) is 0 Å². The summed E-state index contributed by atoms with van der Waals surface area (Å²) >= 11 is 0. The van der Waals surface area contributed by atoms with Crippen molar-refractivity contribution in [2.24, 2.45) is 0 Å². The molecule has 0 atom stereocenters. The summed E-state index contributed by atoms with van der Waals surface area (Å²) in [6.45, 7) is 1.56. The summed E-state index contributed by atoms with van der Waals surface area (Å²) in [4.78, 5) is 41.0. The van der Waals surface area contributed by atoms with Crippen LogP contribution in [-0.4, -0.2) is 28.2 Å². The van der Waals surface area contributed by atoms with Gasteiger partial charge in [0.1, 0.15) is 12.2 Å². The van der Waals surface area contributed by atoms with Crippen molar-refractivity contribution in [3.8, 4) is 0 Å². The Hall–Kier alpha value is -3.68. The minimum atomic E-state index is -0.771. The highest BCUT2D eigenvalue weighted by molar-refractivity contribution is 5.81. The van der Waals surface area contributed by atoms with Crippen LogP contribution in [0.3, 0.4) is 0 Å². The predicted molar refractivity (Wildman–Crippen MR) is 104 cm³/mol. The predicted octanol–water partition coefficient (Wildman–Crippen LogP) is 1.76. The van der Waals surface area contributed by atoms with Crippen molar-refractivity contribution in [2.75, 3.05) is 6.61 Å². The molecule has 0 aliphatic carbocycles. The lowest BCUT2D eigenvalue weighted by atomic mass is 10.1. The molecule has 28 heavy (non-hydrogen) atoms. The molecule has 2 aromatic carbocycles. The summed E-state index contributed by atoms with van der Waals surface area (Å²) in [5, 5.41) is 0. The molecule has 0 saturated heterocycles. The second-order valence-corrected chi connectivity index (χ2v) is 5.99. The van der Waals surface area contributed by atoms with Crippen LogP contribution < -0.4 is 16.4 Å². The Labute approximate surface area is 161 Å². The maximum absolute atomic E-state index is 13.0.